The normalized spacial score (nSPS) is 11.7. The van der Waals surface area contributed by atoms with Gasteiger partial charge in [0.2, 0.25) is 0 Å². The largest absolute Gasteiger partial charge is 0.453 e. The molecule has 0 bridgehead atoms. The number of nitrogens with one attached hydrogen (secondary N) is 1. The van der Waals surface area contributed by atoms with Crippen molar-refractivity contribution in [2.45, 2.75) is 25.4 Å². The predicted octanol–water partition coefficient (Wildman–Crippen LogP) is 5.43. The van der Waals surface area contributed by atoms with Crippen LogP contribution in [0.1, 0.15) is 30.4 Å². The first-order chi connectivity index (χ1) is 14.0. The second kappa shape index (κ2) is 9.89. The van der Waals surface area contributed by atoms with E-state index in [2.05, 4.69) is 5.32 Å². The van der Waals surface area contributed by atoms with Gasteiger partial charge in [-0.15, -0.1) is 0 Å². The van der Waals surface area contributed by atoms with Gasteiger partial charge in [0.15, 0.2) is 6.10 Å². The van der Waals surface area contributed by atoms with E-state index in [9.17, 15) is 9.59 Å². The molecule has 148 valence electrons. The van der Waals surface area contributed by atoms with Crippen molar-refractivity contribution in [2.75, 3.05) is 5.32 Å². The van der Waals surface area contributed by atoms with Crippen LogP contribution in [-0.2, 0) is 14.3 Å². The van der Waals surface area contributed by atoms with Gasteiger partial charge in [0, 0.05) is 16.6 Å². The van der Waals surface area contributed by atoms with Crippen LogP contribution in [0.3, 0.4) is 0 Å². The Hall–Kier alpha value is -3.11. The van der Waals surface area contributed by atoms with Gasteiger partial charge in [0.25, 0.3) is 5.91 Å². The number of hydrogen-bond acceptors (Lipinski definition) is 3. The fraction of sp³-hybridized carbons (Fsp3) is 0.167. The molecule has 0 spiro atoms. The second-order valence-electron chi connectivity index (χ2n) is 6.71. The highest BCUT2D eigenvalue weighted by molar-refractivity contribution is 6.30. The van der Waals surface area contributed by atoms with Crippen LogP contribution in [0.5, 0.6) is 0 Å². The molecule has 5 heteroatoms. The zero-order valence-corrected chi connectivity index (χ0v) is 16.8. The number of halogens is 1. The van der Waals surface area contributed by atoms with Crippen LogP contribution in [-0.4, -0.2) is 18.0 Å². The minimum atomic E-state index is -0.912. The van der Waals surface area contributed by atoms with Gasteiger partial charge in [-0.05, 0) is 42.3 Å². The van der Waals surface area contributed by atoms with Crippen LogP contribution in [0, 0.1) is 0 Å². The van der Waals surface area contributed by atoms with Crippen LogP contribution in [0.2, 0.25) is 5.02 Å². The second-order valence-corrected chi connectivity index (χ2v) is 7.14. The Morgan fingerprint density at radius 3 is 1.90 bits per heavy atom. The number of rotatable bonds is 7. The molecule has 1 atom stereocenters. The number of benzene rings is 3. The molecule has 4 nitrogen and oxygen atoms in total. The molecule has 29 heavy (non-hydrogen) atoms. The molecule has 1 amide bonds. The van der Waals surface area contributed by atoms with Crippen molar-refractivity contribution in [1.82, 2.24) is 0 Å². The van der Waals surface area contributed by atoms with E-state index in [4.69, 9.17) is 16.3 Å². The lowest BCUT2D eigenvalue weighted by Crippen LogP contribution is -2.30. The highest BCUT2D eigenvalue weighted by atomic mass is 35.5. The topological polar surface area (TPSA) is 55.4 Å². The fourth-order valence-electron chi connectivity index (χ4n) is 3.04. The zero-order chi connectivity index (χ0) is 20.6. The predicted molar refractivity (Wildman–Crippen MR) is 115 cm³/mol. The van der Waals surface area contributed by atoms with Crippen molar-refractivity contribution in [3.05, 3.63) is 101 Å². The Kier molecular flexibility index (Phi) is 7.04. The Bertz CT molecular complexity index is 903. The molecule has 0 aliphatic heterocycles. The number of amides is 1. The van der Waals surface area contributed by atoms with Gasteiger partial charge < -0.3 is 10.1 Å². The Morgan fingerprint density at radius 2 is 1.38 bits per heavy atom. The van der Waals surface area contributed by atoms with Crippen LogP contribution >= 0.6 is 11.6 Å². The third-order valence-electron chi connectivity index (χ3n) is 4.56. The standard InChI is InChI=1S/C24H22ClNO3/c1-17(24(28)26-21-14-12-20(25)13-15-21)29-23(27)16-22(18-8-4-2-5-9-18)19-10-6-3-7-11-19/h2-15,17,22H,16H2,1H3,(H,26,28)/t17-/m0/s1. The van der Waals surface area contributed by atoms with Gasteiger partial charge in [-0.2, -0.15) is 0 Å². The lowest BCUT2D eigenvalue weighted by molar-refractivity contribution is -0.153. The summed E-state index contributed by atoms with van der Waals surface area (Å²) in [6, 6.07) is 26.3. The van der Waals surface area contributed by atoms with Gasteiger partial charge >= 0.3 is 5.97 Å². The molecule has 0 aliphatic carbocycles. The monoisotopic (exact) mass is 407 g/mol. The summed E-state index contributed by atoms with van der Waals surface area (Å²) in [4.78, 5) is 24.9. The summed E-state index contributed by atoms with van der Waals surface area (Å²) in [5.74, 6) is -0.963. The number of hydrogen-bond donors (Lipinski definition) is 1. The van der Waals surface area contributed by atoms with Gasteiger partial charge in [-0.1, -0.05) is 72.3 Å². The summed E-state index contributed by atoms with van der Waals surface area (Å²) >= 11 is 5.85. The number of ether oxygens (including phenoxy) is 1. The van der Waals surface area contributed by atoms with Gasteiger partial charge in [-0.25, -0.2) is 0 Å². The lowest BCUT2D eigenvalue weighted by Gasteiger charge is -2.19. The molecule has 0 aliphatic rings. The smallest absolute Gasteiger partial charge is 0.307 e. The first-order valence-corrected chi connectivity index (χ1v) is 9.76. The van der Waals surface area contributed by atoms with Crippen molar-refractivity contribution in [2.24, 2.45) is 0 Å². The first kappa shape index (κ1) is 20.6. The summed E-state index contributed by atoms with van der Waals surface area (Å²) in [6.45, 7) is 1.56. The van der Waals surface area contributed by atoms with Crippen molar-refractivity contribution in [1.29, 1.82) is 0 Å². The zero-order valence-electron chi connectivity index (χ0n) is 16.0. The van der Waals surface area contributed by atoms with Crippen LogP contribution in [0.15, 0.2) is 84.9 Å². The first-order valence-electron chi connectivity index (χ1n) is 9.38. The van der Waals surface area contributed by atoms with E-state index >= 15 is 0 Å². The molecule has 0 fully saturated rings. The highest BCUT2D eigenvalue weighted by Gasteiger charge is 2.23. The summed E-state index contributed by atoms with van der Waals surface area (Å²) < 4.78 is 5.40. The van der Waals surface area contributed by atoms with E-state index in [1.807, 2.05) is 60.7 Å². The van der Waals surface area contributed by atoms with E-state index in [0.29, 0.717) is 10.7 Å². The maximum absolute atomic E-state index is 12.6. The molecule has 3 aromatic carbocycles. The molecule has 0 aromatic heterocycles. The molecule has 0 saturated heterocycles. The van der Waals surface area contributed by atoms with E-state index in [-0.39, 0.29) is 12.3 Å². The molecular weight excluding hydrogens is 386 g/mol. The molecule has 0 saturated carbocycles. The summed E-state index contributed by atoms with van der Waals surface area (Å²) in [5, 5.41) is 3.30. The average molecular weight is 408 g/mol. The van der Waals surface area contributed by atoms with Crippen molar-refractivity contribution < 1.29 is 14.3 Å². The maximum Gasteiger partial charge on any atom is 0.307 e. The minimum Gasteiger partial charge on any atom is -0.453 e. The maximum atomic E-state index is 12.6. The SMILES string of the molecule is C[C@H](OC(=O)CC(c1ccccc1)c1ccccc1)C(=O)Nc1ccc(Cl)cc1. The summed E-state index contributed by atoms with van der Waals surface area (Å²) in [5.41, 5.74) is 2.64. The van der Waals surface area contributed by atoms with Gasteiger partial charge in [0.1, 0.15) is 0 Å². The van der Waals surface area contributed by atoms with E-state index in [0.717, 1.165) is 11.1 Å². The Labute approximate surface area is 175 Å². The molecule has 0 unspecified atom stereocenters. The highest BCUT2D eigenvalue weighted by Crippen LogP contribution is 2.28. The number of carbonyl (C=O) groups is 2. The van der Waals surface area contributed by atoms with Crippen LogP contribution in [0.4, 0.5) is 5.69 Å². The third-order valence-corrected chi connectivity index (χ3v) is 4.82. The Morgan fingerprint density at radius 1 is 0.862 bits per heavy atom. The van der Waals surface area contributed by atoms with E-state index in [1.54, 1.807) is 31.2 Å². The lowest BCUT2D eigenvalue weighted by atomic mass is 9.88. The van der Waals surface area contributed by atoms with E-state index < -0.39 is 18.0 Å². The van der Waals surface area contributed by atoms with Gasteiger partial charge in [-0.3, -0.25) is 9.59 Å². The number of esters is 1. The average Bonchev–Trinajstić information content (AvgIpc) is 2.75. The molecular formula is C24H22ClNO3. The van der Waals surface area contributed by atoms with Crippen molar-refractivity contribution in [3.8, 4) is 0 Å². The fourth-order valence-corrected chi connectivity index (χ4v) is 3.17. The van der Waals surface area contributed by atoms with E-state index in [1.165, 1.54) is 0 Å². The van der Waals surface area contributed by atoms with Gasteiger partial charge in [0.05, 0.1) is 6.42 Å². The molecule has 0 heterocycles. The molecule has 3 rings (SSSR count). The molecule has 1 N–H and O–H groups in total. The molecule has 0 radical (unpaired) electrons. The number of anilines is 1. The Balaban J connectivity index is 1.65. The summed E-state index contributed by atoms with van der Waals surface area (Å²) in [6.07, 6.45) is -0.766. The van der Waals surface area contributed by atoms with Crippen molar-refractivity contribution >= 4 is 29.2 Å². The van der Waals surface area contributed by atoms with Crippen LogP contribution in [0.25, 0.3) is 0 Å². The van der Waals surface area contributed by atoms with Crippen LogP contribution < -0.4 is 5.32 Å². The molecule has 3 aromatic rings. The third kappa shape index (κ3) is 5.93. The van der Waals surface area contributed by atoms with Crippen molar-refractivity contribution in [3.63, 3.8) is 0 Å². The number of carbonyl (C=O) groups excluding carboxylic acids is 2. The minimum absolute atomic E-state index is 0.142. The summed E-state index contributed by atoms with van der Waals surface area (Å²) in [7, 11) is 0. The quantitative estimate of drug-likeness (QED) is 0.531.